The molecule has 0 fully saturated rings. The summed E-state index contributed by atoms with van der Waals surface area (Å²) in [5.74, 6) is 0.354. The van der Waals surface area contributed by atoms with Gasteiger partial charge in [0, 0.05) is 22.8 Å². The fourth-order valence-corrected chi connectivity index (χ4v) is 5.93. The third kappa shape index (κ3) is 9.08. The third-order valence-electron chi connectivity index (χ3n) is 6.65. The second-order valence-electron chi connectivity index (χ2n) is 9.78. The lowest BCUT2D eigenvalue weighted by Gasteiger charge is -2.26. The Labute approximate surface area is 283 Å². The molecule has 4 rings (SSSR count). The highest BCUT2D eigenvalue weighted by molar-refractivity contribution is 7.92. The molecular formula is C33H33ClN4O9S. The van der Waals surface area contributed by atoms with E-state index < -0.39 is 22.5 Å². The number of benzene rings is 4. The van der Waals surface area contributed by atoms with E-state index in [9.17, 15) is 18.0 Å². The van der Waals surface area contributed by atoms with Crippen LogP contribution in [0.1, 0.15) is 5.56 Å². The van der Waals surface area contributed by atoms with Gasteiger partial charge in [0.25, 0.3) is 21.8 Å². The molecule has 0 radical (unpaired) electrons. The van der Waals surface area contributed by atoms with E-state index in [1.165, 1.54) is 65.0 Å². The van der Waals surface area contributed by atoms with E-state index in [-0.39, 0.29) is 34.6 Å². The SMILES string of the molecule is COc1ccc(OC)c(N(CC(=O)N/N=C\c2ccc(OCC(=O)Nc3cccc(Cl)c3)cc2)S(=O)(=O)c2ccc(OC)c(OC)c2)c1. The van der Waals surface area contributed by atoms with Crippen LogP contribution in [0.4, 0.5) is 11.4 Å². The summed E-state index contributed by atoms with van der Waals surface area (Å²) >= 11 is 5.94. The Kier molecular flexibility index (Phi) is 12.1. The minimum atomic E-state index is -4.38. The van der Waals surface area contributed by atoms with Gasteiger partial charge in [-0.1, -0.05) is 17.7 Å². The zero-order valence-corrected chi connectivity index (χ0v) is 28.0. The number of hydrogen-bond acceptors (Lipinski definition) is 10. The molecule has 15 heteroatoms. The summed E-state index contributed by atoms with van der Waals surface area (Å²) in [6, 6.07) is 22.0. The Balaban J connectivity index is 1.46. The molecule has 0 bridgehead atoms. The number of nitrogens with zero attached hydrogens (tertiary/aromatic N) is 2. The van der Waals surface area contributed by atoms with E-state index in [1.807, 2.05) is 0 Å². The predicted octanol–water partition coefficient (Wildman–Crippen LogP) is 4.74. The van der Waals surface area contributed by atoms with Crippen molar-refractivity contribution in [2.24, 2.45) is 5.10 Å². The fourth-order valence-electron chi connectivity index (χ4n) is 4.30. The van der Waals surface area contributed by atoms with Gasteiger partial charge in [0.15, 0.2) is 18.1 Å². The smallest absolute Gasteiger partial charge is 0.265 e. The molecule has 2 amide bonds. The van der Waals surface area contributed by atoms with Crippen LogP contribution in [0.15, 0.2) is 94.9 Å². The number of ether oxygens (including phenoxy) is 5. The van der Waals surface area contributed by atoms with Gasteiger partial charge < -0.3 is 29.0 Å². The molecule has 0 aromatic heterocycles. The van der Waals surface area contributed by atoms with Crippen molar-refractivity contribution in [3.05, 3.63) is 95.5 Å². The maximum Gasteiger partial charge on any atom is 0.265 e. The minimum absolute atomic E-state index is 0.0580. The van der Waals surface area contributed by atoms with Crippen LogP contribution in [0.25, 0.3) is 0 Å². The van der Waals surface area contributed by atoms with Crippen LogP contribution in [-0.2, 0) is 19.6 Å². The first-order valence-corrected chi connectivity index (χ1v) is 16.0. The molecule has 13 nitrogen and oxygen atoms in total. The molecule has 0 atom stereocenters. The number of hydrazone groups is 1. The van der Waals surface area contributed by atoms with Gasteiger partial charge >= 0.3 is 0 Å². The Morgan fingerprint density at radius 2 is 1.48 bits per heavy atom. The summed E-state index contributed by atoms with van der Waals surface area (Å²) in [6.45, 7) is -0.891. The van der Waals surface area contributed by atoms with Crippen LogP contribution in [0.2, 0.25) is 5.02 Å². The molecule has 48 heavy (non-hydrogen) atoms. The summed E-state index contributed by atoms with van der Waals surface area (Å²) in [4.78, 5) is 25.1. The van der Waals surface area contributed by atoms with Gasteiger partial charge in [0.2, 0.25) is 0 Å². The van der Waals surface area contributed by atoms with Gasteiger partial charge in [-0.05, 0) is 72.3 Å². The van der Waals surface area contributed by atoms with Crippen LogP contribution < -0.4 is 38.7 Å². The first-order valence-electron chi connectivity index (χ1n) is 14.1. The van der Waals surface area contributed by atoms with E-state index in [1.54, 1.807) is 54.6 Å². The van der Waals surface area contributed by atoms with Gasteiger partial charge in [-0.3, -0.25) is 13.9 Å². The largest absolute Gasteiger partial charge is 0.497 e. The molecule has 0 aliphatic rings. The van der Waals surface area contributed by atoms with E-state index in [4.69, 9.17) is 35.3 Å². The van der Waals surface area contributed by atoms with Crippen molar-refractivity contribution in [2.45, 2.75) is 4.90 Å². The Bertz CT molecular complexity index is 1890. The molecule has 4 aromatic carbocycles. The molecule has 252 valence electrons. The van der Waals surface area contributed by atoms with Crippen molar-refractivity contribution in [3.63, 3.8) is 0 Å². The predicted molar refractivity (Wildman–Crippen MR) is 181 cm³/mol. The van der Waals surface area contributed by atoms with Crippen molar-refractivity contribution >= 4 is 51.0 Å². The van der Waals surface area contributed by atoms with Crippen molar-refractivity contribution in [1.82, 2.24) is 5.43 Å². The topological polar surface area (TPSA) is 154 Å². The minimum Gasteiger partial charge on any atom is -0.497 e. The van der Waals surface area contributed by atoms with Gasteiger partial charge in [0.05, 0.1) is 45.2 Å². The van der Waals surface area contributed by atoms with Gasteiger partial charge in [-0.2, -0.15) is 5.10 Å². The quantitative estimate of drug-likeness (QED) is 0.133. The lowest BCUT2D eigenvalue weighted by Crippen LogP contribution is -2.39. The molecule has 4 aromatic rings. The lowest BCUT2D eigenvalue weighted by molar-refractivity contribution is -0.119. The van der Waals surface area contributed by atoms with E-state index in [2.05, 4.69) is 15.8 Å². The number of anilines is 2. The molecule has 0 saturated carbocycles. The van der Waals surface area contributed by atoms with E-state index >= 15 is 0 Å². The van der Waals surface area contributed by atoms with Gasteiger partial charge in [-0.25, -0.2) is 13.8 Å². The summed E-state index contributed by atoms with van der Waals surface area (Å²) in [6.07, 6.45) is 1.37. The highest BCUT2D eigenvalue weighted by atomic mass is 35.5. The van der Waals surface area contributed by atoms with Crippen LogP contribution in [-0.4, -0.2) is 68.0 Å². The summed E-state index contributed by atoms with van der Waals surface area (Å²) in [5.41, 5.74) is 3.56. The highest BCUT2D eigenvalue weighted by Crippen LogP contribution is 2.37. The van der Waals surface area contributed by atoms with Crippen molar-refractivity contribution in [3.8, 4) is 28.7 Å². The summed E-state index contributed by atoms with van der Waals surface area (Å²) in [5, 5.41) is 7.16. The Hall–Kier alpha value is -5.47. The summed E-state index contributed by atoms with van der Waals surface area (Å²) < 4.78 is 55.7. The van der Waals surface area contributed by atoms with Crippen LogP contribution in [0.5, 0.6) is 28.7 Å². The monoisotopic (exact) mass is 696 g/mol. The molecular weight excluding hydrogens is 664 g/mol. The average Bonchev–Trinajstić information content (AvgIpc) is 3.09. The Morgan fingerprint density at radius 3 is 2.15 bits per heavy atom. The van der Waals surface area contributed by atoms with Crippen molar-refractivity contribution in [1.29, 1.82) is 0 Å². The molecule has 0 aliphatic heterocycles. The van der Waals surface area contributed by atoms with E-state index in [0.717, 1.165) is 4.31 Å². The number of nitrogens with one attached hydrogen (secondary N) is 2. The number of methoxy groups -OCH3 is 4. The number of hydrogen-bond donors (Lipinski definition) is 2. The molecule has 0 spiro atoms. The second-order valence-corrected chi connectivity index (χ2v) is 12.1. The normalized spacial score (nSPS) is 11.0. The summed E-state index contributed by atoms with van der Waals surface area (Å²) in [7, 11) is 1.24. The fraction of sp³-hybridized carbons (Fsp3) is 0.182. The first kappa shape index (κ1) is 35.4. The second kappa shape index (κ2) is 16.4. The number of sulfonamides is 1. The zero-order valence-electron chi connectivity index (χ0n) is 26.4. The van der Waals surface area contributed by atoms with Gasteiger partial charge in [0.1, 0.15) is 23.8 Å². The van der Waals surface area contributed by atoms with Crippen LogP contribution in [0, 0.1) is 0 Å². The van der Waals surface area contributed by atoms with Crippen molar-refractivity contribution in [2.75, 3.05) is 51.2 Å². The maximum atomic E-state index is 14.0. The lowest BCUT2D eigenvalue weighted by atomic mass is 10.2. The van der Waals surface area contributed by atoms with E-state index in [0.29, 0.717) is 33.5 Å². The maximum absolute atomic E-state index is 14.0. The molecule has 0 heterocycles. The number of halogens is 1. The zero-order chi connectivity index (χ0) is 34.7. The van der Waals surface area contributed by atoms with Crippen LogP contribution in [0.3, 0.4) is 0 Å². The third-order valence-corrected chi connectivity index (χ3v) is 8.64. The molecule has 0 saturated heterocycles. The Morgan fingerprint density at radius 1 is 0.792 bits per heavy atom. The number of amides is 2. The van der Waals surface area contributed by atoms with Crippen molar-refractivity contribution < 1.29 is 41.7 Å². The number of rotatable bonds is 15. The first-order chi connectivity index (χ1) is 23.1. The molecule has 0 aliphatic carbocycles. The molecule has 0 unspecified atom stereocenters. The number of carbonyl (C=O) groups excluding carboxylic acids is 2. The highest BCUT2D eigenvalue weighted by Gasteiger charge is 2.31. The number of carbonyl (C=O) groups is 2. The van der Waals surface area contributed by atoms with Crippen LogP contribution >= 0.6 is 11.6 Å². The average molecular weight is 697 g/mol. The standard InChI is InChI=1S/C33H33ClN4O9S/c1-43-26-12-14-29(44-2)28(17-26)38(48(41,42)27-13-15-30(45-3)31(18-27)46-4)20-32(39)37-35-19-22-8-10-25(11-9-22)47-21-33(40)36-24-7-5-6-23(34)16-24/h5-19H,20-21H2,1-4H3,(H,36,40)(H,37,39)/b35-19-. The van der Waals surface area contributed by atoms with Gasteiger partial charge in [-0.15, -0.1) is 0 Å². The molecule has 2 N–H and O–H groups in total.